The van der Waals surface area contributed by atoms with Crippen molar-refractivity contribution in [3.63, 3.8) is 0 Å². The third-order valence-electron chi connectivity index (χ3n) is 4.74. The van der Waals surface area contributed by atoms with E-state index in [0.717, 1.165) is 0 Å². The van der Waals surface area contributed by atoms with Gasteiger partial charge in [-0.1, -0.05) is 11.6 Å². The monoisotopic (exact) mass is 407 g/mol. The molecule has 0 saturated carbocycles. The number of halogens is 2. The topological polar surface area (TPSA) is 83.1 Å². The van der Waals surface area contributed by atoms with E-state index in [1.807, 2.05) is 0 Å². The van der Waals surface area contributed by atoms with Gasteiger partial charge in [0.15, 0.2) is 15.5 Å². The van der Waals surface area contributed by atoms with Crippen LogP contribution >= 0.6 is 11.6 Å². The maximum absolute atomic E-state index is 13.3. The van der Waals surface area contributed by atoms with E-state index in [4.69, 9.17) is 11.6 Å². The van der Waals surface area contributed by atoms with E-state index in [2.05, 4.69) is 10.2 Å². The molecule has 0 spiro atoms. The van der Waals surface area contributed by atoms with Crippen molar-refractivity contribution >= 4 is 38.2 Å². The van der Waals surface area contributed by atoms with Gasteiger partial charge in [0.2, 0.25) is 0 Å². The second kappa shape index (κ2) is 6.61. The van der Waals surface area contributed by atoms with E-state index in [0.29, 0.717) is 28.9 Å². The lowest BCUT2D eigenvalue weighted by Gasteiger charge is -2.16. The fourth-order valence-corrected chi connectivity index (χ4v) is 5.11. The summed E-state index contributed by atoms with van der Waals surface area (Å²) < 4.78 is 38.9. The molecule has 6 nitrogen and oxygen atoms in total. The predicted octanol–water partition coefficient (Wildman–Crippen LogP) is 3.04. The Kier molecular flexibility index (Phi) is 4.39. The highest BCUT2D eigenvalue weighted by molar-refractivity contribution is 7.92. The normalized spacial score (nSPS) is 17.6. The minimum atomic E-state index is -3.57. The second-order valence-electron chi connectivity index (χ2n) is 6.42. The molecule has 1 atom stereocenters. The van der Waals surface area contributed by atoms with Crippen LogP contribution in [0.15, 0.2) is 47.4 Å². The highest BCUT2D eigenvalue weighted by atomic mass is 35.5. The lowest BCUT2D eigenvalue weighted by Crippen LogP contribution is -2.32. The molecule has 1 unspecified atom stereocenters. The van der Waals surface area contributed by atoms with Crippen LogP contribution in [-0.2, 0) is 9.84 Å². The average Bonchev–Trinajstić information content (AvgIpc) is 3.29. The summed E-state index contributed by atoms with van der Waals surface area (Å²) in [5, 5.41) is 6.90. The number of aromatic amines is 1. The molecule has 2 aromatic carbocycles. The van der Waals surface area contributed by atoms with Crippen LogP contribution in [0.1, 0.15) is 16.9 Å². The molecule has 27 heavy (non-hydrogen) atoms. The first-order valence-corrected chi connectivity index (χ1v) is 10.2. The van der Waals surface area contributed by atoms with Gasteiger partial charge in [0.25, 0.3) is 5.91 Å². The van der Waals surface area contributed by atoms with Gasteiger partial charge in [-0.25, -0.2) is 12.8 Å². The number of sulfone groups is 1. The quantitative estimate of drug-likeness (QED) is 0.723. The van der Waals surface area contributed by atoms with E-state index in [1.54, 1.807) is 0 Å². The molecule has 140 valence electrons. The Hall–Kier alpha value is -2.45. The van der Waals surface area contributed by atoms with Crippen LogP contribution in [0, 0.1) is 5.82 Å². The van der Waals surface area contributed by atoms with E-state index in [-0.39, 0.29) is 23.0 Å². The van der Waals surface area contributed by atoms with Gasteiger partial charge in [-0.3, -0.25) is 9.89 Å². The van der Waals surface area contributed by atoms with Crippen molar-refractivity contribution in [1.29, 1.82) is 0 Å². The van der Waals surface area contributed by atoms with Gasteiger partial charge >= 0.3 is 0 Å². The number of rotatable bonds is 3. The van der Waals surface area contributed by atoms with E-state index < -0.39 is 20.9 Å². The van der Waals surface area contributed by atoms with Crippen LogP contribution in [0.25, 0.3) is 10.9 Å². The smallest absolute Gasteiger partial charge is 0.275 e. The Morgan fingerprint density at radius 1 is 1.22 bits per heavy atom. The molecule has 1 N–H and O–H groups in total. The predicted molar refractivity (Wildman–Crippen MR) is 99.0 cm³/mol. The summed E-state index contributed by atoms with van der Waals surface area (Å²) >= 11 is 5.82. The average molecular weight is 408 g/mol. The summed E-state index contributed by atoms with van der Waals surface area (Å²) in [4.78, 5) is 14.5. The van der Waals surface area contributed by atoms with Gasteiger partial charge in [-0.15, -0.1) is 0 Å². The lowest BCUT2D eigenvalue weighted by molar-refractivity contribution is 0.0789. The number of H-pyrrole nitrogens is 1. The first-order chi connectivity index (χ1) is 12.9. The summed E-state index contributed by atoms with van der Waals surface area (Å²) in [6, 6.07) is 10.0. The molecule has 0 bridgehead atoms. The Bertz CT molecular complexity index is 1130. The highest BCUT2D eigenvalue weighted by Crippen LogP contribution is 2.27. The third kappa shape index (κ3) is 3.19. The number of likely N-dealkylation sites (tertiary alicyclic amines) is 1. The largest absolute Gasteiger partial charge is 0.336 e. The minimum absolute atomic E-state index is 0.0827. The summed E-state index contributed by atoms with van der Waals surface area (Å²) in [5.41, 5.74) is 0.581. The van der Waals surface area contributed by atoms with Crippen LogP contribution in [0.4, 0.5) is 4.39 Å². The SMILES string of the molecule is O=C(c1n[nH]c2cc(F)ccc12)N1CCC(S(=O)(=O)c2ccc(Cl)cc2)C1. The van der Waals surface area contributed by atoms with Crippen molar-refractivity contribution in [2.24, 2.45) is 0 Å². The number of nitrogens with one attached hydrogen (secondary N) is 1. The maximum Gasteiger partial charge on any atom is 0.275 e. The fraction of sp³-hybridized carbons (Fsp3) is 0.222. The molecule has 2 heterocycles. The zero-order chi connectivity index (χ0) is 19.2. The second-order valence-corrected chi connectivity index (χ2v) is 9.09. The van der Waals surface area contributed by atoms with Crippen LogP contribution in [-0.4, -0.2) is 47.8 Å². The number of amides is 1. The van der Waals surface area contributed by atoms with Crippen molar-refractivity contribution in [3.05, 3.63) is 59.0 Å². The zero-order valence-corrected chi connectivity index (χ0v) is 15.6. The Morgan fingerprint density at radius 2 is 1.96 bits per heavy atom. The molecule has 3 aromatic rings. The van der Waals surface area contributed by atoms with Crippen molar-refractivity contribution in [3.8, 4) is 0 Å². The lowest BCUT2D eigenvalue weighted by atomic mass is 10.2. The van der Waals surface area contributed by atoms with Crippen LogP contribution in [0.3, 0.4) is 0 Å². The van der Waals surface area contributed by atoms with E-state index in [9.17, 15) is 17.6 Å². The molecular formula is C18H15ClFN3O3S. The van der Waals surface area contributed by atoms with Gasteiger partial charge in [0, 0.05) is 23.5 Å². The Labute approximate surface area is 159 Å². The molecule has 0 aliphatic carbocycles. The van der Waals surface area contributed by atoms with Crippen LogP contribution < -0.4 is 0 Å². The molecule has 9 heteroatoms. The Morgan fingerprint density at radius 3 is 2.70 bits per heavy atom. The Balaban J connectivity index is 1.56. The number of nitrogens with zero attached hydrogens (tertiary/aromatic N) is 2. The van der Waals surface area contributed by atoms with Crippen molar-refractivity contribution in [2.45, 2.75) is 16.6 Å². The first-order valence-electron chi connectivity index (χ1n) is 8.28. The van der Waals surface area contributed by atoms with Gasteiger partial charge in [0.1, 0.15) is 5.82 Å². The first kappa shape index (κ1) is 17.9. The molecule has 1 aromatic heterocycles. The summed E-state index contributed by atoms with van der Waals surface area (Å²) in [7, 11) is -3.57. The molecular weight excluding hydrogens is 393 g/mol. The number of aromatic nitrogens is 2. The van der Waals surface area contributed by atoms with E-state index >= 15 is 0 Å². The summed E-state index contributed by atoms with van der Waals surface area (Å²) in [6.45, 7) is 0.394. The molecule has 1 amide bonds. The van der Waals surface area contributed by atoms with Gasteiger partial charge in [-0.2, -0.15) is 5.10 Å². The number of hydrogen-bond acceptors (Lipinski definition) is 4. The zero-order valence-electron chi connectivity index (χ0n) is 14.0. The molecule has 4 rings (SSSR count). The number of benzene rings is 2. The molecule has 1 aliphatic rings. The number of carbonyl (C=O) groups excluding carboxylic acids is 1. The van der Waals surface area contributed by atoms with Crippen LogP contribution in [0.2, 0.25) is 5.02 Å². The third-order valence-corrected chi connectivity index (χ3v) is 7.18. The number of hydrogen-bond donors (Lipinski definition) is 1. The maximum atomic E-state index is 13.3. The summed E-state index contributed by atoms with van der Waals surface area (Å²) in [5.74, 6) is -0.804. The van der Waals surface area contributed by atoms with Crippen molar-refractivity contribution in [2.75, 3.05) is 13.1 Å². The van der Waals surface area contributed by atoms with Crippen LogP contribution in [0.5, 0.6) is 0 Å². The van der Waals surface area contributed by atoms with Gasteiger partial charge in [-0.05, 0) is 48.9 Å². The standard InChI is InChI=1S/C18H15ClFN3O3S/c19-11-1-4-13(5-2-11)27(25,26)14-7-8-23(10-14)18(24)17-15-6-3-12(20)9-16(15)21-22-17/h1-6,9,14H,7-8,10H2,(H,21,22). The minimum Gasteiger partial charge on any atom is -0.336 e. The van der Waals surface area contributed by atoms with Crippen molar-refractivity contribution in [1.82, 2.24) is 15.1 Å². The fourth-order valence-electron chi connectivity index (χ4n) is 3.29. The van der Waals surface area contributed by atoms with Crippen molar-refractivity contribution < 1.29 is 17.6 Å². The van der Waals surface area contributed by atoms with Gasteiger partial charge < -0.3 is 4.90 Å². The molecule has 1 fully saturated rings. The van der Waals surface area contributed by atoms with E-state index in [1.165, 1.54) is 47.4 Å². The number of carbonyl (C=O) groups is 1. The summed E-state index contributed by atoms with van der Waals surface area (Å²) in [6.07, 6.45) is 0.341. The van der Waals surface area contributed by atoms with Gasteiger partial charge in [0.05, 0.1) is 15.7 Å². The number of fused-ring (bicyclic) bond motifs is 1. The molecule has 1 saturated heterocycles. The molecule has 1 aliphatic heterocycles. The molecule has 0 radical (unpaired) electrons. The highest BCUT2D eigenvalue weighted by Gasteiger charge is 2.37.